The first-order valence-corrected chi connectivity index (χ1v) is 8.02. The minimum Gasteiger partial charge on any atom is -0.336 e. The number of hydrogen-bond donors (Lipinski definition) is 1. The van der Waals surface area contributed by atoms with Crippen LogP contribution in [-0.2, 0) is 11.8 Å². The lowest BCUT2D eigenvalue weighted by Gasteiger charge is -2.37. The second-order valence-electron chi connectivity index (χ2n) is 5.00. The van der Waals surface area contributed by atoms with Crippen LogP contribution in [0.2, 0.25) is 0 Å². The molecular formula is C13H23ClN4OS. The zero-order valence-corrected chi connectivity index (χ0v) is 13.8. The number of rotatable bonds is 4. The Morgan fingerprint density at radius 3 is 3.00 bits per heavy atom. The summed E-state index contributed by atoms with van der Waals surface area (Å²) in [7, 11) is 1.98. The summed E-state index contributed by atoms with van der Waals surface area (Å²) in [6.45, 7) is 4.41. The first kappa shape index (κ1) is 17.3. The lowest BCUT2D eigenvalue weighted by atomic mass is 10.1. The van der Waals surface area contributed by atoms with Gasteiger partial charge in [0.15, 0.2) is 0 Å². The maximum absolute atomic E-state index is 12.6. The summed E-state index contributed by atoms with van der Waals surface area (Å²) >= 11 is 1.72. The predicted octanol–water partition coefficient (Wildman–Crippen LogP) is 1.31. The second kappa shape index (κ2) is 7.90. The molecule has 2 heterocycles. The summed E-state index contributed by atoms with van der Waals surface area (Å²) in [4.78, 5) is 18.9. The number of hydrogen-bond acceptors (Lipinski definition) is 4. The molecule has 7 heteroatoms. The van der Waals surface area contributed by atoms with Gasteiger partial charge in [-0.2, -0.15) is 11.8 Å². The Hall–Kier alpha value is -0.720. The molecular weight excluding hydrogens is 296 g/mol. The van der Waals surface area contributed by atoms with E-state index in [2.05, 4.69) is 10.3 Å². The van der Waals surface area contributed by atoms with E-state index in [0.717, 1.165) is 31.2 Å². The molecule has 0 aliphatic carbocycles. The van der Waals surface area contributed by atoms with Gasteiger partial charge in [-0.1, -0.05) is 6.92 Å². The summed E-state index contributed by atoms with van der Waals surface area (Å²) in [5.74, 6) is 2.13. The van der Waals surface area contributed by atoms with Gasteiger partial charge in [0.2, 0.25) is 5.91 Å². The summed E-state index contributed by atoms with van der Waals surface area (Å²) in [5.41, 5.74) is 0. The molecule has 114 valence electrons. The van der Waals surface area contributed by atoms with Crippen LogP contribution in [0.4, 0.5) is 0 Å². The van der Waals surface area contributed by atoms with Crippen molar-refractivity contribution in [3.63, 3.8) is 0 Å². The highest BCUT2D eigenvalue weighted by molar-refractivity contribution is 7.98. The van der Waals surface area contributed by atoms with Crippen molar-refractivity contribution in [3.8, 4) is 0 Å². The lowest BCUT2D eigenvalue weighted by Crippen LogP contribution is -2.51. The van der Waals surface area contributed by atoms with Gasteiger partial charge in [-0.15, -0.1) is 12.4 Å². The fourth-order valence-corrected chi connectivity index (χ4v) is 3.14. The maximum Gasteiger partial charge on any atom is 0.226 e. The summed E-state index contributed by atoms with van der Waals surface area (Å²) in [5, 5.41) is 3.35. The van der Waals surface area contributed by atoms with Crippen LogP contribution in [0.15, 0.2) is 12.4 Å². The average Bonchev–Trinajstić information content (AvgIpc) is 2.84. The number of imidazole rings is 1. The van der Waals surface area contributed by atoms with Gasteiger partial charge in [0.05, 0.1) is 0 Å². The van der Waals surface area contributed by atoms with E-state index < -0.39 is 0 Å². The standard InChI is InChI=1S/C13H22N4OS.ClH/c1-10(9-19-3)13(18)17-7-4-14-8-11(17)12-15-5-6-16(12)2;/h5-6,10-11,14H,4,7-9H2,1-3H3;1H. The Labute approximate surface area is 130 Å². The number of aromatic nitrogens is 2. The molecule has 1 aliphatic rings. The highest BCUT2D eigenvalue weighted by Crippen LogP contribution is 2.23. The van der Waals surface area contributed by atoms with Crippen LogP contribution in [0, 0.1) is 5.92 Å². The number of nitrogens with zero attached hydrogens (tertiary/aromatic N) is 3. The third kappa shape index (κ3) is 3.68. The van der Waals surface area contributed by atoms with E-state index in [1.54, 1.807) is 18.0 Å². The molecule has 1 aliphatic heterocycles. The monoisotopic (exact) mass is 318 g/mol. The smallest absolute Gasteiger partial charge is 0.226 e. The highest BCUT2D eigenvalue weighted by Gasteiger charge is 2.32. The average molecular weight is 319 g/mol. The van der Waals surface area contributed by atoms with Gasteiger partial charge in [-0.05, 0) is 6.26 Å². The third-order valence-electron chi connectivity index (χ3n) is 3.52. The Balaban J connectivity index is 0.00000200. The molecule has 1 aromatic heterocycles. The van der Waals surface area contributed by atoms with E-state index >= 15 is 0 Å². The molecule has 2 rings (SSSR count). The molecule has 20 heavy (non-hydrogen) atoms. The van der Waals surface area contributed by atoms with Gasteiger partial charge in [-0.25, -0.2) is 4.98 Å². The van der Waals surface area contributed by atoms with Crippen LogP contribution in [0.25, 0.3) is 0 Å². The van der Waals surface area contributed by atoms with E-state index in [0.29, 0.717) is 0 Å². The molecule has 0 bridgehead atoms. The van der Waals surface area contributed by atoms with E-state index in [1.807, 2.05) is 35.9 Å². The lowest BCUT2D eigenvalue weighted by molar-refractivity contribution is -0.137. The molecule has 1 amide bonds. The first-order chi connectivity index (χ1) is 9.15. The molecule has 1 fully saturated rings. The van der Waals surface area contributed by atoms with Crippen molar-refractivity contribution in [1.29, 1.82) is 0 Å². The zero-order chi connectivity index (χ0) is 13.8. The number of piperazine rings is 1. The Morgan fingerprint density at radius 2 is 2.40 bits per heavy atom. The molecule has 1 aromatic rings. The summed E-state index contributed by atoms with van der Waals surface area (Å²) in [6, 6.07) is 0.0468. The van der Waals surface area contributed by atoms with Gasteiger partial charge in [-0.3, -0.25) is 4.79 Å². The molecule has 0 saturated carbocycles. The van der Waals surface area contributed by atoms with Crippen molar-refractivity contribution in [2.75, 3.05) is 31.6 Å². The Kier molecular flexibility index (Phi) is 6.85. The Bertz CT molecular complexity index is 440. The number of nitrogens with one attached hydrogen (secondary N) is 1. The van der Waals surface area contributed by atoms with Crippen LogP contribution in [0.1, 0.15) is 18.8 Å². The molecule has 1 saturated heterocycles. The fourth-order valence-electron chi connectivity index (χ4n) is 2.50. The summed E-state index contributed by atoms with van der Waals surface area (Å²) in [6.07, 6.45) is 5.76. The van der Waals surface area contributed by atoms with Crippen molar-refractivity contribution in [1.82, 2.24) is 19.8 Å². The minimum absolute atomic E-state index is 0. The maximum atomic E-state index is 12.6. The van der Waals surface area contributed by atoms with Crippen molar-refractivity contribution >= 4 is 30.1 Å². The largest absolute Gasteiger partial charge is 0.336 e. The summed E-state index contributed by atoms with van der Waals surface area (Å²) < 4.78 is 2.00. The number of halogens is 1. The van der Waals surface area contributed by atoms with Crippen LogP contribution < -0.4 is 5.32 Å². The Morgan fingerprint density at radius 1 is 1.65 bits per heavy atom. The van der Waals surface area contributed by atoms with Gasteiger partial charge < -0.3 is 14.8 Å². The molecule has 0 spiro atoms. The first-order valence-electron chi connectivity index (χ1n) is 6.62. The zero-order valence-electron chi connectivity index (χ0n) is 12.2. The quantitative estimate of drug-likeness (QED) is 0.909. The number of thioether (sulfide) groups is 1. The molecule has 1 N–H and O–H groups in total. The van der Waals surface area contributed by atoms with Crippen LogP contribution in [-0.4, -0.2) is 52.0 Å². The second-order valence-corrected chi connectivity index (χ2v) is 5.91. The van der Waals surface area contributed by atoms with Crippen molar-refractivity contribution in [2.45, 2.75) is 13.0 Å². The van der Waals surface area contributed by atoms with Crippen LogP contribution in [0.5, 0.6) is 0 Å². The van der Waals surface area contributed by atoms with Crippen molar-refractivity contribution < 1.29 is 4.79 Å². The minimum atomic E-state index is 0. The van der Waals surface area contributed by atoms with E-state index in [9.17, 15) is 4.79 Å². The molecule has 5 nitrogen and oxygen atoms in total. The molecule has 0 radical (unpaired) electrons. The van der Waals surface area contributed by atoms with Gasteiger partial charge in [0.25, 0.3) is 0 Å². The van der Waals surface area contributed by atoms with Gasteiger partial charge in [0, 0.05) is 50.7 Å². The van der Waals surface area contributed by atoms with Crippen molar-refractivity contribution in [2.24, 2.45) is 13.0 Å². The SMILES string of the molecule is CSCC(C)C(=O)N1CCNCC1c1nccn1C.Cl. The molecule has 2 atom stereocenters. The predicted molar refractivity (Wildman–Crippen MR) is 85.3 cm³/mol. The number of carbonyl (C=O) groups excluding carboxylic acids is 1. The number of amides is 1. The topological polar surface area (TPSA) is 50.2 Å². The van der Waals surface area contributed by atoms with E-state index in [4.69, 9.17) is 0 Å². The normalized spacial score (nSPS) is 20.4. The van der Waals surface area contributed by atoms with Crippen LogP contribution in [0.3, 0.4) is 0 Å². The molecule has 2 unspecified atom stereocenters. The molecule has 0 aromatic carbocycles. The van der Waals surface area contributed by atoms with Crippen molar-refractivity contribution in [3.05, 3.63) is 18.2 Å². The number of aryl methyl sites for hydroxylation is 1. The number of carbonyl (C=O) groups is 1. The van der Waals surface area contributed by atoms with E-state index in [-0.39, 0.29) is 30.3 Å². The fraction of sp³-hybridized carbons (Fsp3) is 0.692. The third-order valence-corrected chi connectivity index (χ3v) is 4.35. The van der Waals surface area contributed by atoms with Crippen LogP contribution >= 0.6 is 24.2 Å². The highest BCUT2D eigenvalue weighted by atomic mass is 35.5. The van der Waals surface area contributed by atoms with Gasteiger partial charge >= 0.3 is 0 Å². The van der Waals surface area contributed by atoms with E-state index in [1.165, 1.54) is 0 Å². The van der Waals surface area contributed by atoms with Gasteiger partial charge in [0.1, 0.15) is 11.9 Å².